The molecule has 1 aromatic heterocycles. The quantitative estimate of drug-likeness (QED) is 0.301. The molecule has 1 atom stereocenters. The summed E-state index contributed by atoms with van der Waals surface area (Å²) < 4.78 is 18.9. The molecule has 176 valence electrons. The molecule has 1 aliphatic rings. The fraction of sp³-hybridized carbons (Fsp3) is 0.250. The maximum atomic E-state index is 13.4. The minimum atomic E-state index is -1.07. The molecule has 3 aromatic rings. The molecule has 0 spiro atoms. The largest absolute Gasteiger partial charge is 0.507 e. The number of aliphatic hydroxyl groups is 1. The van der Waals surface area contributed by atoms with Crippen LogP contribution >= 0.6 is 11.3 Å². The van der Waals surface area contributed by atoms with Crippen molar-refractivity contribution in [2.45, 2.75) is 32.7 Å². The summed E-state index contributed by atoms with van der Waals surface area (Å²) in [5, 5.41) is 30.3. The van der Waals surface area contributed by atoms with Crippen molar-refractivity contribution in [2.24, 2.45) is 0 Å². The molecular formula is C24H22FN3O5S. The number of carbonyl (C=O) groups is 2. The SMILES string of the molecule is CCOc1cc(C2/C(=C(\O)c3ccc(F)cc3)C(=O)C(=O)N2c2nnc(C(C)C)s2)ccc1O. The highest BCUT2D eigenvalue weighted by molar-refractivity contribution is 7.15. The van der Waals surface area contributed by atoms with Gasteiger partial charge in [-0.15, -0.1) is 10.2 Å². The highest BCUT2D eigenvalue weighted by atomic mass is 32.1. The molecule has 1 aliphatic heterocycles. The summed E-state index contributed by atoms with van der Waals surface area (Å²) in [6.45, 7) is 5.89. The molecule has 8 nitrogen and oxygen atoms in total. The molecule has 1 fully saturated rings. The number of nitrogens with zero attached hydrogens (tertiary/aromatic N) is 3. The Labute approximate surface area is 198 Å². The maximum Gasteiger partial charge on any atom is 0.301 e. The summed E-state index contributed by atoms with van der Waals surface area (Å²) in [4.78, 5) is 27.5. The molecule has 1 saturated heterocycles. The number of Topliss-reactive ketones (excluding diaryl/α,β-unsaturated/α-hetero) is 1. The molecule has 0 bridgehead atoms. The van der Waals surface area contributed by atoms with E-state index < -0.39 is 29.3 Å². The van der Waals surface area contributed by atoms with Gasteiger partial charge in [0.05, 0.1) is 18.2 Å². The van der Waals surface area contributed by atoms with Gasteiger partial charge in [0.25, 0.3) is 5.78 Å². The minimum Gasteiger partial charge on any atom is -0.507 e. The molecule has 2 N–H and O–H groups in total. The highest BCUT2D eigenvalue weighted by Crippen LogP contribution is 2.45. The lowest BCUT2D eigenvalue weighted by Gasteiger charge is -2.23. The van der Waals surface area contributed by atoms with Gasteiger partial charge in [-0.1, -0.05) is 31.3 Å². The zero-order valence-corrected chi connectivity index (χ0v) is 19.5. The van der Waals surface area contributed by atoms with Gasteiger partial charge in [-0.2, -0.15) is 0 Å². The van der Waals surface area contributed by atoms with Crippen LogP contribution in [0, 0.1) is 5.82 Å². The van der Waals surface area contributed by atoms with Crippen molar-refractivity contribution in [1.29, 1.82) is 0 Å². The number of phenols is 1. The summed E-state index contributed by atoms with van der Waals surface area (Å²) >= 11 is 1.17. The fourth-order valence-electron chi connectivity index (χ4n) is 3.64. The number of aliphatic hydroxyl groups excluding tert-OH is 1. The van der Waals surface area contributed by atoms with Gasteiger partial charge in [-0.3, -0.25) is 14.5 Å². The first-order valence-corrected chi connectivity index (χ1v) is 11.4. The third-order valence-electron chi connectivity index (χ3n) is 5.29. The van der Waals surface area contributed by atoms with Gasteiger partial charge in [-0.05, 0) is 48.9 Å². The molecule has 1 amide bonds. The Morgan fingerprint density at radius 3 is 2.50 bits per heavy atom. The number of halogens is 1. The first-order chi connectivity index (χ1) is 16.2. The number of carbonyl (C=O) groups excluding carboxylic acids is 2. The lowest BCUT2D eigenvalue weighted by atomic mass is 9.95. The number of benzene rings is 2. The van der Waals surface area contributed by atoms with E-state index in [9.17, 15) is 24.2 Å². The topological polar surface area (TPSA) is 113 Å². The maximum absolute atomic E-state index is 13.4. The van der Waals surface area contributed by atoms with Crippen LogP contribution in [-0.4, -0.2) is 38.7 Å². The molecule has 2 aromatic carbocycles. The number of ketones is 1. The predicted octanol–water partition coefficient (Wildman–Crippen LogP) is 4.53. The number of rotatable bonds is 6. The Hall–Kier alpha value is -3.79. The zero-order valence-electron chi connectivity index (χ0n) is 18.7. The van der Waals surface area contributed by atoms with E-state index >= 15 is 0 Å². The molecule has 34 heavy (non-hydrogen) atoms. The number of amides is 1. The summed E-state index contributed by atoms with van der Waals surface area (Å²) in [6.07, 6.45) is 0. The number of aromatic nitrogens is 2. The van der Waals surface area contributed by atoms with Crippen molar-refractivity contribution in [1.82, 2.24) is 10.2 Å². The standard InChI is InChI=1S/C24H22FN3O5S/c1-4-33-17-11-14(7-10-16(17)29)19-18(20(30)13-5-8-15(25)9-6-13)21(31)23(32)28(19)24-27-26-22(34-24)12(2)3/h5-12,19,29-30H,4H2,1-3H3/b20-18+. The van der Waals surface area contributed by atoms with Crippen LogP contribution in [0.25, 0.3) is 5.76 Å². The van der Waals surface area contributed by atoms with Crippen LogP contribution < -0.4 is 9.64 Å². The third kappa shape index (κ3) is 4.12. The summed E-state index contributed by atoms with van der Waals surface area (Å²) in [7, 11) is 0. The van der Waals surface area contributed by atoms with E-state index in [0.29, 0.717) is 10.6 Å². The Bertz CT molecular complexity index is 1290. The normalized spacial score (nSPS) is 17.6. The smallest absolute Gasteiger partial charge is 0.301 e. The van der Waals surface area contributed by atoms with Gasteiger partial charge in [0, 0.05) is 11.5 Å². The van der Waals surface area contributed by atoms with Gasteiger partial charge >= 0.3 is 5.91 Å². The first kappa shape index (κ1) is 23.4. The highest BCUT2D eigenvalue weighted by Gasteiger charge is 2.48. The number of hydrogen-bond donors (Lipinski definition) is 2. The lowest BCUT2D eigenvalue weighted by molar-refractivity contribution is -0.132. The van der Waals surface area contributed by atoms with Gasteiger partial charge in [0.15, 0.2) is 11.5 Å². The van der Waals surface area contributed by atoms with Crippen LogP contribution in [0.5, 0.6) is 11.5 Å². The Morgan fingerprint density at radius 2 is 1.88 bits per heavy atom. The van der Waals surface area contributed by atoms with E-state index in [1.54, 1.807) is 6.92 Å². The van der Waals surface area contributed by atoms with Crippen molar-refractivity contribution in [3.8, 4) is 11.5 Å². The molecule has 1 unspecified atom stereocenters. The first-order valence-electron chi connectivity index (χ1n) is 10.6. The van der Waals surface area contributed by atoms with E-state index in [1.165, 1.54) is 46.6 Å². The second-order valence-electron chi connectivity index (χ2n) is 7.91. The summed E-state index contributed by atoms with van der Waals surface area (Å²) in [5.41, 5.74) is 0.393. The molecule has 0 radical (unpaired) electrons. The van der Waals surface area contributed by atoms with Crippen LogP contribution in [0.15, 0.2) is 48.0 Å². The molecule has 0 saturated carbocycles. The summed E-state index contributed by atoms with van der Waals surface area (Å²) in [6, 6.07) is 8.28. The van der Waals surface area contributed by atoms with Gasteiger partial charge in [-0.25, -0.2) is 4.39 Å². The van der Waals surface area contributed by atoms with Crippen LogP contribution in [-0.2, 0) is 9.59 Å². The van der Waals surface area contributed by atoms with Crippen LogP contribution in [0.4, 0.5) is 9.52 Å². The van der Waals surface area contributed by atoms with E-state index in [-0.39, 0.29) is 40.3 Å². The van der Waals surface area contributed by atoms with Crippen LogP contribution in [0.2, 0.25) is 0 Å². The number of hydrogen-bond acceptors (Lipinski definition) is 8. The Kier molecular flexibility index (Phi) is 6.34. The van der Waals surface area contributed by atoms with Crippen molar-refractivity contribution >= 4 is 33.9 Å². The molecule has 10 heteroatoms. The Balaban J connectivity index is 1.94. The van der Waals surface area contributed by atoms with Gasteiger partial charge < -0.3 is 14.9 Å². The van der Waals surface area contributed by atoms with E-state index in [0.717, 1.165) is 12.1 Å². The van der Waals surface area contributed by atoms with E-state index in [4.69, 9.17) is 4.74 Å². The molecular weight excluding hydrogens is 461 g/mol. The lowest BCUT2D eigenvalue weighted by Crippen LogP contribution is -2.29. The average Bonchev–Trinajstić information content (AvgIpc) is 3.39. The van der Waals surface area contributed by atoms with Crippen molar-refractivity contribution in [2.75, 3.05) is 11.5 Å². The Morgan fingerprint density at radius 1 is 1.18 bits per heavy atom. The van der Waals surface area contributed by atoms with Gasteiger partial charge in [0.2, 0.25) is 5.13 Å². The number of phenolic OH excluding ortho intramolecular Hbond substituents is 1. The number of ether oxygens (including phenoxy) is 1. The zero-order chi connectivity index (χ0) is 24.6. The monoisotopic (exact) mass is 483 g/mol. The van der Waals surface area contributed by atoms with Crippen molar-refractivity contribution in [3.05, 3.63) is 70.0 Å². The molecule has 4 rings (SSSR count). The van der Waals surface area contributed by atoms with Crippen molar-refractivity contribution in [3.63, 3.8) is 0 Å². The average molecular weight is 484 g/mol. The number of aromatic hydroxyl groups is 1. The second-order valence-corrected chi connectivity index (χ2v) is 8.90. The molecule has 2 heterocycles. The molecule has 0 aliphatic carbocycles. The number of anilines is 1. The van der Waals surface area contributed by atoms with Crippen LogP contribution in [0.1, 0.15) is 48.9 Å². The van der Waals surface area contributed by atoms with Gasteiger partial charge in [0.1, 0.15) is 16.6 Å². The van der Waals surface area contributed by atoms with E-state index in [2.05, 4.69) is 10.2 Å². The minimum absolute atomic E-state index is 0.0546. The van der Waals surface area contributed by atoms with Crippen molar-refractivity contribution < 1.29 is 28.9 Å². The van der Waals surface area contributed by atoms with Crippen LogP contribution in [0.3, 0.4) is 0 Å². The summed E-state index contributed by atoms with van der Waals surface area (Å²) in [5.74, 6) is -2.66. The van der Waals surface area contributed by atoms with E-state index in [1.807, 2.05) is 13.8 Å². The fourth-order valence-corrected chi connectivity index (χ4v) is 4.51. The third-order valence-corrected chi connectivity index (χ3v) is 6.51. The second kappa shape index (κ2) is 9.22. The predicted molar refractivity (Wildman–Crippen MR) is 124 cm³/mol.